The van der Waals surface area contributed by atoms with Crippen molar-refractivity contribution in [2.24, 2.45) is 10.7 Å². The number of H-pyrrole nitrogens is 1. The van der Waals surface area contributed by atoms with Crippen molar-refractivity contribution >= 4 is 28.5 Å². The molecule has 0 saturated carbocycles. The van der Waals surface area contributed by atoms with Crippen LogP contribution in [0.2, 0.25) is 5.02 Å². The lowest BCUT2D eigenvalue weighted by molar-refractivity contribution is 0.312. The first-order chi connectivity index (χ1) is 21.8. The van der Waals surface area contributed by atoms with Gasteiger partial charge in [-0.3, -0.25) is 9.56 Å². The van der Waals surface area contributed by atoms with Crippen molar-refractivity contribution in [1.29, 1.82) is 0 Å². The van der Waals surface area contributed by atoms with Crippen LogP contribution in [0.15, 0.2) is 58.4 Å². The molecule has 2 aromatic carbocycles. The summed E-state index contributed by atoms with van der Waals surface area (Å²) in [5, 5.41) is 11.4. The first-order valence-corrected chi connectivity index (χ1v) is 16.4. The normalized spacial score (nSPS) is 19.4. The first kappa shape index (κ1) is 31.4. The Bertz CT molecular complexity index is 1710. The topological polar surface area (TPSA) is 125 Å². The highest BCUT2D eigenvalue weighted by Crippen LogP contribution is 2.32. The zero-order valence-electron chi connectivity index (χ0n) is 25.7. The molecule has 3 atom stereocenters. The standard InChI is InChI=1S/C34H42ClFN8O/c1-21(37)4-2-5-22-16-27(32(36)28(35)17-22)30-18-24-20-44(34(45)43-33(24)42-30)26-10-8-23(9-11-26)29-7-3-6-25(41-29)12-13-39-31-19-38-14-15-40-31/h8-11,16-18,20-21,25,29,38,41H,2-7,12-15,19,37H2,1H3,(H,39,40)(H,42,43,45). The van der Waals surface area contributed by atoms with E-state index in [9.17, 15) is 4.79 Å². The first-order valence-electron chi connectivity index (χ1n) is 16.0. The molecule has 11 heteroatoms. The molecule has 6 N–H and O–H groups in total. The number of amidine groups is 1. The molecule has 1 fully saturated rings. The maximum atomic E-state index is 15.1. The van der Waals surface area contributed by atoms with Crippen LogP contribution < -0.4 is 27.4 Å². The van der Waals surface area contributed by atoms with Gasteiger partial charge in [0.2, 0.25) is 0 Å². The number of aromatic nitrogens is 3. The molecule has 45 heavy (non-hydrogen) atoms. The molecule has 4 heterocycles. The Balaban J connectivity index is 1.15. The van der Waals surface area contributed by atoms with Crippen LogP contribution >= 0.6 is 11.6 Å². The fraction of sp³-hybridized carbons (Fsp3) is 0.441. The smallest absolute Gasteiger partial charge is 0.354 e. The SMILES string of the molecule is CC(N)CCCc1cc(Cl)c(F)c(-c2cc3cn(-c4ccc(C5CCCC(CCNC6=NCCNC6)N5)cc4)c(=O)nc3[nH]2)c1. The van der Waals surface area contributed by atoms with Crippen LogP contribution in [-0.2, 0) is 6.42 Å². The minimum Gasteiger partial charge on any atom is -0.373 e. The van der Waals surface area contributed by atoms with Gasteiger partial charge in [-0.2, -0.15) is 4.98 Å². The van der Waals surface area contributed by atoms with Crippen molar-refractivity contribution in [2.75, 3.05) is 26.2 Å². The van der Waals surface area contributed by atoms with E-state index in [1.807, 2.05) is 25.1 Å². The van der Waals surface area contributed by atoms with E-state index in [0.29, 0.717) is 28.3 Å². The number of aromatic amines is 1. The molecule has 9 nitrogen and oxygen atoms in total. The Morgan fingerprint density at radius 3 is 2.82 bits per heavy atom. The minimum atomic E-state index is -0.504. The number of rotatable bonds is 10. The number of aliphatic imine (C=N–C) groups is 1. The van der Waals surface area contributed by atoms with Gasteiger partial charge in [0, 0.05) is 48.4 Å². The summed E-state index contributed by atoms with van der Waals surface area (Å²) in [5.74, 6) is 0.549. The second-order valence-electron chi connectivity index (χ2n) is 12.3. The van der Waals surface area contributed by atoms with Crippen molar-refractivity contribution in [3.8, 4) is 16.9 Å². The summed E-state index contributed by atoms with van der Waals surface area (Å²) in [5.41, 5.74) is 9.63. The number of hydrogen-bond acceptors (Lipinski definition) is 7. The van der Waals surface area contributed by atoms with Crippen LogP contribution in [0.4, 0.5) is 4.39 Å². The van der Waals surface area contributed by atoms with Crippen molar-refractivity contribution in [2.45, 2.75) is 70.0 Å². The second-order valence-corrected chi connectivity index (χ2v) is 12.8. The number of piperidine rings is 1. The number of nitrogens with two attached hydrogens (primary N) is 1. The number of nitrogens with zero attached hydrogens (tertiary/aromatic N) is 3. The molecule has 2 aliphatic heterocycles. The number of fused-ring (bicyclic) bond motifs is 1. The summed E-state index contributed by atoms with van der Waals surface area (Å²) < 4.78 is 16.7. The van der Waals surface area contributed by atoms with Gasteiger partial charge >= 0.3 is 5.69 Å². The Kier molecular flexibility index (Phi) is 9.94. The molecule has 2 aliphatic rings. The second kappa shape index (κ2) is 14.2. The molecule has 0 aliphatic carbocycles. The zero-order chi connectivity index (χ0) is 31.3. The highest BCUT2D eigenvalue weighted by Gasteiger charge is 2.22. The van der Waals surface area contributed by atoms with Gasteiger partial charge in [0.05, 0.1) is 29.5 Å². The molecule has 2 aromatic heterocycles. The summed E-state index contributed by atoms with van der Waals surface area (Å²) in [6, 6.07) is 14.2. The van der Waals surface area contributed by atoms with Gasteiger partial charge < -0.3 is 26.7 Å². The van der Waals surface area contributed by atoms with Crippen molar-refractivity contribution in [3.05, 3.63) is 81.1 Å². The molecule has 4 aromatic rings. The molecule has 238 valence electrons. The van der Waals surface area contributed by atoms with E-state index in [0.717, 1.165) is 81.8 Å². The number of aryl methyl sites for hydroxylation is 1. The van der Waals surface area contributed by atoms with Gasteiger partial charge in [-0.1, -0.05) is 30.2 Å². The highest BCUT2D eigenvalue weighted by atomic mass is 35.5. The average molecular weight is 633 g/mol. The summed E-state index contributed by atoms with van der Waals surface area (Å²) >= 11 is 6.27. The monoisotopic (exact) mass is 632 g/mol. The van der Waals surface area contributed by atoms with E-state index in [1.165, 1.54) is 16.6 Å². The maximum Gasteiger partial charge on any atom is 0.354 e. The van der Waals surface area contributed by atoms with Crippen molar-refractivity contribution < 1.29 is 4.39 Å². The zero-order valence-corrected chi connectivity index (χ0v) is 26.5. The molecule has 0 amide bonds. The summed E-state index contributed by atoms with van der Waals surface area (Å²) in [4.78, 5) is 25.0. The lowest BCUT2D eigenvalue weighted by atomic mass is 9.92. The third-order valence-electron chi connectivity index (χ3n) is 8.77. The van der Waals surface area contributed by atoms with E-state index in [-0.39, 0.29) is 17.1 Å². The predicted octanol–water partition coefficient (Wildman–Crippen LogP) is 5.01. The highest BCUT2D eigenvalue weighted by molar-refractivity contribution is 6.31. The minimum absolute atomic E-state index is 0.0666. The molecule has 3 unspecified atom stereocenters. The lowest BCUT2D eigenvalue weighted by Gasteiger charge is -2.32. The van der Waals surface area contributed by atoms with Crippen molar-refractivity contribution in [1.82, 2.24) is 30.5 Å². The largest absolute Gasteiger partial charge is 0.373 e. The Morgan fingerprint density at radius 1 is 1.20 bits per heavy atom. The van der Waals surface area contributed by atoms with Gasteiger partial charge in [-0.05, 0) is 86.9 Å². The number of halogens is 2. The summed E-state index contributed by atoms with van der Waals surface area (Å²) in [6.45, 7) is 5.49. The van der Waals surface area contributed by atoms with E-state index in [2.05, 4.69) is 43.0 Å². The molecule has 0 bridgehead atoms. The summed E-state index contributed by atoms with van der Waals surface area (Å²) in [7, 11) is 0. The molecule has 1 saturated heterocycles. The van der Waals surface area contributed by atoms with E-state index < -0.39 is 11.5 Å². The van der Waals surface area contributed by atoms with E-state index in [4.69, 9.17) is 17.3 Å². The van der Waals surface area contributed by atoms with Crippen LogP contribution in [-0.4, -0.2) is 58.6 Å². The molecular weight excluding hydrogens is 591 g/mol. The Morgan fingerprint density at radius 2 is 2.04 bits per heavy atom. The van der Waals surface area contributed by atoms with Crippen LogP contribution in [0.5, 0.6) is 0 Å². The van der Waals surface area contributed by atoms with E-state index >= 15 is 4.39 Å². The van der Waals surface area contributed by atoms with Crippen LogP contribution in [0.3, 0.4) is 0 Å². The molecular formula is C34H42ClFN8O. The lowest BCUT2D eigenvalue weighted by Crippen LogP contribution is -2.42. The van der Waals surface area contributed by atoms with Gasteiger partial charge in [-0.25, -0.2) is 9.18 Å². The third kappa shape index (κ3) is 7.64. The number of hydrogen-bond donors (Lipinski definition) is 5. The van der Waals surface area contributed by atoms with Gasteiger partial charge in [0.1, 0.15) is 11.5 Å². The molecule has 6 rings (SSSR count). The van der Waals surface area contributed by atoms with Crippen LogP contribution in [0, 0.1) is 5.82 Å². The van der Waals surface area contributed by atoms with E-state index in [1.54, 1.807) is 18.3 Å². The fourth-order valence-corrected chi connectivity index (χ4v) is 6.60. The Hall–Kier alpha value is -3.57. The van der Waals surface area contributed by atoms with Gasteiger partial charge in [0.25, 0.3) is 0 Å². The van der Waals surface area contributed by atoms with Crippen molar-refractivity contribution in [3.63, 3.8) is 0 Å². The number of nitrogens with one attached hydrogen (secondary N) is 4. The third-order valence-corrected chi connectivity index (χ3v) is 9.05. The van der Waals surface area contributed by atoms with Crippen LogP contribution in [0.25, 0.3) is 28.0 Å². The van der Waals surface area contributed by atoms with Gasteiger partial charge in [0.15, 0.2) is 5.82 Å². The quantitative estimate of drug-likeness (QED) is 0.167. The summed E-state index contributed by atoms with van der Waals surface area (Å²) in [6.07, 6.45) is 8.71. The molecule has 0 radical (unpaired) electrons. The predicted molar refractivity (Wildman–Crippen MR) is 180 cm³/mol. The maximum absolute atomic E-state index is 15.1. The molecule has 0 spiro atoms. The Labute approximate surface area is 267 Å². The van der Waals surface area contributed by atoms with Gasteiger partial charge in [-0.15, -0.1) is 0 Å². The average Bonchev–Trinajstić information content (AvgIpc) is 3.45. The number of benzene rings is 2. The fourth-order valence-electron chi connectivity index (χ4n) is 6.36. The van der Waals surface area contributed by atoms with Crippen LogP contribution in [0.1, 0.15) is 62.6 Å².